The number of hydrogen-bond donors (Lipinski definition) is 0. The van der Waals surface area contributed by atoms with Gasteiger partial charge < -0.3 is 0 Å². The van der Waals surface area contributed by atoms with Gasteiger partial charge in [0.2, 0.25) is 5.78 Å². The van der Waals surface area contributed by atoms with Crippen molar-refractivity contribution in [2.45, 2.75) is 0 Å². The molecule has 9 rings (SSSR count). The summed E-state index contributed by atoms with van der Waals surface area (Å²) in [7, 11) is 0. The van der Waals surface area contributed by atoms with Gasteiger partial charge in [-0.25, -0.2) is 9.97 Å². The highest BCUT2D eigenvalue weighted by Crippen LogP contribution is 2.44. The van der Waals surface area contributed by atoms with E-state index in [2.05, 4.69) is 150 Å². The highest BCUT2D eigenvalue weighted by molar-refractivity contribution is 6.21. The third-order valence-corrected chi connectivity index (χ3v) is 8.57. The Labute approximate surface area is 248 Å². The smallest absolute Gasteiger partial charge is 0.235 e. The van der Waals surface area contributed by atoms with Crippen LogP contribution in [0.5, 0.6) is 0 Å². The van der Waals surface area contributed by atoms with Gasteiger partial charge in [-0.2, -0.15) is 0 Å². The molecule has 0 aliphatic heterocycles. The Kier molecular flexibility index (Phi) is 5.20. The van der Waals surface area contributed by atoms with Crippen molar-refractivity contribution in [2.24, 2.45) is 0 Å². The van der Waals surface area contributed by atoms with Crippen LogP contribution in [-0.2, 0) is 0 Å². The predicted octanol–water partition coefficient (Wildman–Crippen LogP) is 10.3. The van der Waals surface area contributed by atoms with Gasteiger partial charge in [0.15, 0.2) is 0 Å². The van der Waals surface area contributed by atoms with Crippen LogP contribution < -0.4 is 0 Å². The molecule has 3 heteroatoms. The lowest BCUT2D eigenvalue weighted by Gasteiger charge is -2.18. The van der Waals surface area contributed by atoms with Gasteiger partial charge in [0.05, 0.1) is 22.4 Å². The van der Waals surface area contributed by atoms with Crippen molar-refractivity contribution in [3.63, 3.8) is 0 Å². The summed E-state index contributed by atoms with van der Waals surface area (Å²) in [5.41, 5.74) is 8.69. The van der Waals surface area contributed by atoms with Crippen LogP contribution in [0.15, 0.2) is 152 Å². The second-order valence-electron chi connectivity index (χ2n) is 11.0. The molecule has 0 unspecified atom stereocenters. The minimum Gasteiger partial charge on any atom is -0.276 e. The van der Waals surface area contributed by atoms with Gasteiger partial charge in [0.1, 0.15) is 0 Å². The number of fused-ring (bicyclic) bond motifs is 6. The van der Waals surface area contributed by atoms with Crippen molar-refractivity contribution in [1.29, 1.82) is 0 Å². The van der Waals surface area contributed by atoms with E-state index in [4.69, 9.17) is 9.97 Å². The number of para-hydroxylation sites is 2. The summed E-state index contributed by atoms with van der Waals surface area (Å²) in [5, 5.41) is 7.26. The topological polar surface area (TPSA) is 30.2 Å². The van der Waals surface area contributed by atoms with E-state index in [9.17, 15) is 0 Å². The number of aromatic nitrogens is 3. The normalized spacial score (nSPS) is 11.7. The molecular formula is C40H25N3. The summed E-state index contributed by atoms with van der Waals surface area (Å²) in [6.45, 7) is 0. The maximum atomic E-state index is 5.26. The average Bonchev–Trinajstić information content (AvgIpc) is 3.45. The third-order valence-electron chi connectivity index (χ3n) is 8.57. The van der Waals surface area contributed by atoms with E-state index in [1.54, 1.807) is 0 Å². The van der Waals surface area contributed by atoms with Crippen molar-refractivity contribution in [3.05, 3.63) is 152 Å². The first kappa shape index (κ1) is 23.9. The zero-order valence-electron chi connectivity index (χ0n) is 23.3. The largest absolute Gasteiger partial charge is 0.276 e. The molecule has 3 nitrogen and oxygen atoms in total. The summed E-state index contributed by atoms with van der Waals surface area (Å²) in [6.07, 6.45) is 0. The van der Waals surface area contributed by atoms with Crippen molar-refractivity contribution in [3.8, 4) is 33.6 Å². The average molecular weight is 548 g/mol. The lowest BCUT2D eigenvalue weighted by molar-refractivity contribution is 1.15. The Hall–Kier alpha value is -5.80. The van der Waals surface area contributed by atoms with Crippen LogP contribution in [-0.4, -0.2) is 14.4 Å². The van der Waals surface area contributed by atoms with E-state index in [1.165, 1.54) is 43.4 Å². The van der Waals surface area contributed by atoms with E-state index in [-0.39, 0.29) is 0 Å². The molecule has 0 aliphatic rings. The molecule has 0 aliphatic carbocycles. The second kappa shape index (κ2) is 9.37. The first-order valence-electron chi connectivity index (χ1n) is 14.6. The van der Waals surface area contributed by atoms with Crippen molar-refractivity contribution < 1.29 is 0 Å². The minimum atomic E-state index is 0.698. The maximum absolute atomic E-state index is 5.26. The Bertz CT molecular complexity index is 2450. The summed E-state index contributed by atoms with van der Waals surface area (Å²) < 4.78 is 2.18. The number of rotatable bonds is 3. The molecule has 0 radical (unpaired) electrons. The van der Waals surface area contributed by atoms with Gasteiger partial charge in [-0.1, -0.05) is 127 Å². The first-order valence-corrected chi connectivity index (χ1v) is 14.6. The van der Waals surface area contributed by atoms with E-state index in [0.717, 1.165) is 33.5 Å². The molecule has 0 saturated heterocycles. The summed E-state index contributed by atoms with van der Waals surface area (Å²) in [4.78, 5) is 10.3. The summed E-state index contributed by atoms with van der Waals surface area (Å²) >= 11 is 0. The maximum Gasteiger partial charge on any atom is 0.235 e. The van der Waals surface area contributed by atoms with E-state index in [0.29, 0.717) is 5.78 Å². The molecule has 9 aromatic rings. The third kappa shape index (κ3) is 3.68. The van der Waals surface area contributed by atoms with Crippen LogP contribution in [0, 0.1) is 0 Å². The fourth-order valence-electron chi connectivity index (χ4n) is 6.67. The van der Waals surface area contributed by atoms with Gasteiger partial charge in [0.25, 0.3) is 0 Å². The molecule has 0 N–H and O–H groups in total. The molecule has 2 aromatic heterocycles. The molecule has 2 heterocycles. The van der Waals surface area contributed by atoms with E-state index < -0.39 is 0 Å². The number of nitrogens with zero attached hydrogens (tertiary/aromatic N) is 3. The van der Waals surface area contributed by atoms with Crippen molar-refractivity contribution in [2.75, 3.05) is 0 Å². The standard InChI is InChI=1S/C40H25N3/c1-2-13-27(14-3-1)37-25-35(42-40-41-34-20-10-11-21-36(34)43(37)40)39-32-18-8-6-16-30(32)38(31-17-7-9-19-33(31)39)29-23-22-26-12-4-5-15-28(26)24-29/h1-25H. The monoisotopic (exact) mass is 547 g/mol. The molecule has 0 atom stereocenters. The Balaban J connectivity index is 1.41. The molecule has 0 spiro atoms. The molecule has 0 amide bonds. The van der Waals surface area contributed by atoms with Crippen LogP contribution in [0.4, 0.5) is 0 Å². The van der Waals surface area contributed by atoms with E-state index in [1.807, 2.05) is 6.07 Å². The Morgan fingerprint density at radius 1 is 0.419 bits per heavy atom. The SMILES string of the molecule is c1ccc(-c2cc(-c3c4ccccc4c(-c4ccc5ccccc5c4)c4ccccc34)nc3nc4ccccc4n23)cc1. The summed E-state index contributed by atoms with van der Waals surface area (Å²) in [6, 6.07) is 53.9. The fraction of sp³-hybridized carbons (Fsp3) is 0. The fourth-order valence-corrected chi connectivity index (χ4v) is 6.67. The van der Waals surface area contributed by atoms with Crippen molar-refractivity contribution >= 4 is 49.1 Å². The first-order chi connectivity index (χ1) is 21.3. The highest BCUT2D eigenvalue weighted by Gasteiger charge is 2.20. The minimum absolute atomic E-state index is 0.698. The van der Waals surface area contributed by atoms with Gasteiger partial charge in [-0.15, -0.1) is 0 Å². The van der Waals surface area contributed by atoms with Gasteiger partial charge in [0, 0.05) is 5.56 Å². The molecule has 0 saturated carbocycles. The molecule has 43 heavy (non-hydrogen) atoms. The molecule has 0 fully saturated rings. The van der Waals surface area contributed by atoms with Crippen LogP contribution in [0.3, 0.4) is 0 Å². The zero-order chi connectivity index (χ0) is 28.3. The zero-order valence-corrected chi connectivity index (χ0v) is 23.3. The number of imidazole rings is 1. The van der Waals surface area contributed by atoms with Crippen LogP contribution in [0.2, 0.25) is 0 Å². The molecule has 0 bridgehead atoms. The summed E-state index contributed by atoms with van der Waals surface area (Å²) in [5.74, 6) is 0.698. The predicted molar refractivity (Wildman–Crippen MR) is 179 cm³/mol. The second-order valence-corrected chi connectivity index (χ2v) is 11.0. The number of hydrogen-bond acceptors (Lipinski definition) is 2. The van der Waals surface area contributed by atoms with Crippen LogP contribution in [0.1, 0.15) is 0 Å². The molecule has 200 valence electrons. The quantitative estimate of drug-likeness (QED) is 0.206. The number of benzene rings is 7. The lowest BCUT2D eigenvalue weighted by Crippen LogP contribution is -1.99. The van der Waals surface area contributed by atoms with Gasteiger partial charge in [-0.3, -0.25) is 4.40 Å². The van der Waals surface area contributed by atoms with Crippen molar-refractivity contribution in [1.82, 2.24) is 14.4 Å². The van der Waals surface area contributed by atoms with E-state index >= 15 is 0 Å². The van der Waals surface area contributed by atoms with Crippen LogP contribution >= 0.6 is 0 Å². The van der Waals surface area contributed by atoms with Gasteiger partial charge in [-0.05, 0) is 73.3 Å². The van der Waals surface area contributed by atoms with Crippen LogP contribution in [0.25, 0.3) is 82.8 Å². The molecular weight excluding hydrogens is 522 g/mol. The Morgan fingerprint density at radius 2 is 1.02 bits per heavy atom. The Morgan fingerprint density at radius 3 is 1.77 bits per heavy atom. The highest BCUT2D eigenvalue weighted by atomic mass is 15.1. The van der Waals surface area contributed by atoms with Gasteiger partial charge >= 0.3 is 0 Å². The molecule has 7 aromatic carbocycles. The lowest BCUT2D eigenvalue weighted by atomic mass is 9.86.